The zero-order valence-corrected chi connectivity index (χ0v) is 33.7. The molecule has 11 rings (SSSR count). The number of fused-ring (bicyclic) bond motifs is 4. The molecule has 1 nitrogen and oxygen atoms in total. The number of benzene rings is 10. The fraction of sp³-hybridized carbons (Fsp3) is 0. The molecule has 1 heterocycles. The van der Waals surface area contributed by atoms with Crippen LogP contribution in [-0.2, 0) is 0 Å². The van der Waals surface area contributed by atoms with Gasteiger partial charge in [-0.2, -0.15) is 0 Å². The number of hydrogen-bond acceptors (Lipinski definition) is 2. The van der Waals surface area contributed by atoms with Gasteiger partial charge in [0, 0.05) is 37.1 Å². The summed E-state index contributed by atoms with van der Waals surface area (Å²) in [5, 5.41) is 5.11. The molecule has 0 aliphatic rings. The van der Waals surface area contributed by atoms with Crippen molar-refractivity contribution in [1.29, 1.82) is 0 Å². The van der Waals surface area contributed by atoms with E-state index in [1.54, 1.807) is 0 Å². The van der Waals surface area contributed by atoms with Crippen LogP contribution in [0.5, 0.6) is 0 Å². The van der Waals surface area contributed by atoms with Crippen molar-refractivity contribution in [3.05, 3.63) is 237 Å². The Kier molecular flexibility index (Phi) is 9.11. The average molecular weight is 782 g/mol. The van der Waals surface area contributed by atoms with Crippen LogP contribution in [0.2, 0.25) is 0 Å². The molecular formula is C58H39NS. The third-order valence-electron chi connectivity index (χ3n) is 11.6. The summed E-state index contributed by atoms with van der Waals surface area (Å²) in [6.07, 6.45) is 0. The summed E-state index contributed by atoms with van der Waals surface area (Å²) in [5.74, 6) is 0. The smallest absolute Gasteiger partial charge is 0.0540 e. The van der Waals surface area contributed by atoms with Gasteiger partial charge in [-0.05, 0) is 128 Å². The first-order chi connectivity index (χ1) is 29.7. The second-order valence-corrected chi connectivity index (χ2v) is 16.4. The molecule has 0 unspecified atom stereocenters. The van der Waals surface area contributed by atoms with Crippen molar-refractivity contribution >= 4 is 59.3 Å². The van der Waals surface area contributed by atoms with Crippen molar-refractivity contribution in [2.24, 2.45) is 0 Å². The van der Waals surface area contributed by atoms with E-state index in [-0.39, 0.29) is 0 Å². The highest BCUT2D eigenvalue weighted by atomic mass is 32.1. The van der Waals surface area contributed by atoms with E-state index in [2.05, 4.69) is 241 Å². The lowest BCUT2D eigenvalue weighted by Crippen LogP contribution is -2.11. The molecule has 0 aliphatic heterocycles. The summed E-state index contributed by atoms with van der Waals surface area (Å²) in [5.41, 5.74) is 15.3. The molecule has 0 spiro atoms. The van der Waals surface area contributed by atoms with Gasteiger partial charge in [0.2, 0.25) is 0 Å². The van der Waals surface area contributed by atoms with Gasteiger partial charge in [0.15, 0.2) is 0 Å². The average Bonchev–Trinajstić information content (AvgIpc) is 3.71. The molecule has 282 valence electrons. The van der Waals surface area contributed by atoms with E-state index in [1.807, 2.05) is 11.3 Å². The summed E-state index contributed by atoms with van der Waals surface area (Å²) < 4.78 is 2.64. The van der Waals surface area contributed by atoms with Gasteiger partial charge in [0.05, 0.1) is 5.69 Å². The molecule has 0 aliphatic carbocycles. The summed E-state index contributed by atoms with van der Waals surface area (Å²) in [4.78, 5) is 2.41. The SMILES string of the molecule is c1ccc(-c2cc(-c3ccccc3)cc(-c3ccc(N(c4ccc(-c5ccc6c(c5)sc5ccccc56)cc4)c4ccccc4-c4ccc5ccccc5c4)cc3)c2)cc1. The van der Waals surface area contributed by atoms with Crippen LogP contribution in [0.25, 0.3) is 86.6 Å². The lowest BCUT2D eigenvalue weighted by Gasteiger charge is -2.28. The first-order valence-corrected chi connectivity index (χ1v) is 21.3. The highest BCUT2D eigenvalue weighted by molar-refractivity contribution is 7.25. The van der Waals surface area contributed by atoms with Crippen molar-refractivity contribution in [2.75, 3.05) is 4.90 Å². The summed E-state index contributed by atoms with van der Waals surface area (Å²) in [6, 6.07) is 86.2. The lowest BCUT2D eigenvalue weighted by molar-refractivity contribution is 1.28. The lowest BCUT2D eigenvalue weighted by atomic mass is 9.93. The molecule has 11 aromatic rings. The second-order valence-electron chi connectivity index (χ2n) is 15.3. The van der Waals surface area contributed by atoms with Crippen molar-refractivity contribution in [3.8, 4) is 55.6 Å². The van der Waals surface area contributed by atoms with Crippen molar-refractivity contribution in [2.45, 2.75) is 0 Å². The fourth-order valence-corrected chi connectivity index (χ4v) is 9.74. The molecule has 0 bridgehead atoms. The molecule has 0 atom stereocenters. The van der Waals surface area contributed by atoms with Crippen LogP contribution in [0.1, 0.15) is 0 Å². The molecule has 60 heavy (non-hydrogen) atoms. The first-order valence-electron chi connectivity index (χ1n) is 20.5. The Hall–Kier alpha value is -7.52. The van der Waals surface area contributed by atoms with Gasteiger partial charge < -0.3 is 4.90 Å². The largest absolute Gasteiger partial charge is 0.310 e. The van der Waals surface area contributed by atoms with Crippen LogP contribution in [0.3, 0.4) is 0 Å². The zero-order valence-electron chi connectivity index (χ0n) is 32.9. The molecule has 0 radical (unpaired) electrons. The molecule has 2 heteroatoms. The Balaban J connectivity index is 1.02. The summed E-state index contributed by atoms with van der Waals surface area (Å²) >= 11 is 1.86. The van der Waals surface area contributed by atoms with E-state index in [4.69, 9.17) is 0 Å². The predicted octanol–water partition coefficient (Wildman–Crippen LogP) is 17.0. The Labute approximate surface area is 354 Å². The van der Waals surface area contributed by atoms with Crippen LogP contribution < -0.4 is 4.90 Å². The monoisotopic (exact) mass is 781 g/mol. The van der Waals surface area contributed by atoms with Crippen LogP contribution in [0.4, 0.5) is 17.1 Å². The third kappa shape index (κ3) is 6.73. The van der Waals surface area contributed by atoms with Gasteiger partial charge in [-0.15, -0.1) is 11.3 Å². The van der Waals surface area contributed by atoms with Crippen molar-refractivity contribution < 1.29 is 0 Å². The summed E-state index contributed by atoms with van der Waals surface area (Å²) in [6.45, 7) is 0. The van der Waals surface area contributed by atoms with Gasteiger partial charge >= 0.3 is 0 Å². The Morgan fingerprint density at radius 1 is 0.267 bits per heavy atom. The number of anilines is 3. The van der Waals surface area contributed by atoms with Gasteiger partial charge in [0.1, 0.15) is 0 Å². The normalized spacial score (nSPS) is 11.3. The van der Waals surface area contributed by atoms with E-state index in [1.165, 1.54) is 86.6 Å². The molecular weight excluding hydrogens is 743 g/mol. The quantitative estimate of drug-likeness (QED) is 0.148. The number of nitrogens with zero attached hydrogens (tertiary/aromatic N) is 1. The van der Waals surface area contributed by atoms with Crippen LogP contribution in [0.15, 0.2) is 237 Å². The fourth-order valence-electron chi connectivity index (χ4n) is 8.60. The number of rotatable bonds is 8. The van der Waals surface area contributed by atoms with E-state index in [0.29, 0.717) is 0 Å². The predicted molar refractivity (Wildman–Crippen MR) is 259 cm³/mol. The molecule has 0 saturated heterocycles. The standard InChI is InChI=1S/C58H39NS/c1-3-13-40(14-4-1)48-36-49(41-15-5-2-6-16-41)38-50(37-48)44-27-32-52(33-28-44)59(56-21-11-9-19-53(56)47-24-23-42-17-7-8-18-45(42)35-47)51-30-25-43(26-31-51)46-29-34-55-54-20-10-12-22-57(54)60-58(55)39-46/h1-39H. The molecule has 0 amide bonds. The van der Waals surface area contributed by atoms with E-state index >= 15 is 0 Å². The van der Waals surface area contributed by atoms with Gasteiger partial charge in [0.25, 0.3) is 0 Å². The van der Waals surface area contributed by atoms with E-state index in [0.717, 1.165) is 17.1 Å². The highest BCUT2D eigenvalue weighted by Crippen LogP contribution is 2.43. The molecule has 0 N–H and O–H groups in total. The van der Waals surface area contributed by atoms with Crippen LogP contribution in [0, 0.1) is 0 Å². The number of para-hydroxylation sites is 1. The molecule has 10 aromatic carbocycles. The first kappa shape index (κ1) is 35.6. The maximum absolute atomic E-state index is 2.41. The highest BCUT2D eigenvalue weighted by Gasteiger charge is 2.18. The zero-order chi connectivity index (χ0) is 39.8. The maximum Gasteiger partial charge on any atom is 0.0540 e. The minimum absolute atomic E-state index is 1.09. The Morgan fingerprint density at radius 2 is 0.750 bits per heavy atom. The molecule has 0 fully saturated rings. The molecule has 1 aromatic heterocycles. The van der Waals surface area contributed by atoms with E-state index in [9.17, 15) is 0 Å². The van der Waals surface area contributed by atoms with Crippen LogP contribution in [-0.4, -0.2) is 0 Å². The second kappa shape index (κ2) is 15.3. The number of thiophene rings is 1. The van der Waals surface area contributed by atoms with Gasteiger partial charge in [-0.3, -0.25) is 0 Å². The Morgan fingerprint density at radius 3 is 1.42 bits per heavy atom. The van der Waals surface area contributed by atoms with Crippen LogP contribution >= 0.6 is 11.3 Å². The topological polar surface area (TPSA) is 3.24 Å². The molecule has 0 saturated carbocycles. The minimum atomic E-state index is 1.09. The maximum atomic E-state index is 2.41. The van der Waals surface area contributed by atoms with Gasteiger partial charge in [-0.1, -0.05) is 170 Å². The number of hydrogen-bond donors (Lipinski definition) is 0. The minimum Gasteiger partial charge on any atom is -0.310 e. The van der Waals surface area contributed by atoms with Crippen molar-refractivity contribution in [1.82, 2.24) is 0 Å². The van der Waals surface area contributed by atoms with Gasteiger partial charge in [-0.25, -0.2) is 0 Å². The summed E-state index contributed by atoms with van der Waals surface area (Å²) in [7, 11) is 0. The van der Waals surface area contributed by atoms with E-state index < -0.39 is 0 Å². The third-order valence-corrected chi connectivity index (χ3v) is 12.8. The Bertz CT molecular complexity index is 3230. The van der Waals surface area contributed by atoms with Crippen molar-refractivity contribution in [3.63, 3.8) is 0 Å².